The zero-order chi connectivity index (χ0) is 16.8. The minimum absolute atomic E-state index is 0.0839. The summed E-state index contributed by atoms with van der Waals surface area (Å²) in [5, 5.41) is 6.30. The molecule has 0 radical (unpaired) electrons. The van der Waals surface area contributed by atoms with E-state index in [1.165, 1.54) is 0 Å². The second kappa shape index (κ2) is 8.06. The normalized spacial score (nSPS) is 20.2. The molecule has 1 aromatic rings. The number of rotatable bonds is 7. The third-order valence-corrected chi connectivity index (χ3v) is 4.22. The van der Waals surface area contributed by atoms with Gasteiger partial charge < -0.3 is 24.8 Å². The topological polar surface area (TPSA) is 68.8 Å². The maximum atomic E-state index is 12.4. The van der Waals surface area contributed by atoms with Gasteiger partial charge in [-0.25, -0.2) is 0 Å². The van der Waals surface area contributed by atoms with Crippen LogP contribution in [0, 0.1) is 5.92 Å². The number of methoxy groups -OCH3 is 3. The van der Waals surface area contributed by atoms with Crippen molar-refractivity contribution in [1.82, 2.24) is 10.6 Å². The quantitative estimate of drug-likeness (QED) is 0.797. The molecule has 23 heavy (non-hydrogen) atoms. The highest BCUT2D eigenvalue weighted by molar-refractivity contribution is 5.80. The Morgan fingerprint density at radius 2 is 1.83 bits per heavy atom. The Balaban J connectivity index is 2.30. The van der Waals surface area contributed by atoms with Gasteiger partial charge in [0, 0.05) is 25.6 Å². The van der Waals surface area contributed by atoms with Crippen molar-refractivity contribution < 1.29 is 19.0 Å². The number of hydrogen-bond acceptors (Lipinski definition) is 5. The van der Waals surface area contributed by atoms with Gasteiger partial charge in [0.25, 0.3) is 0 Å². The summed E-state index contributed by atoms with van der Waals surface area (Å²) in [7, 11) is 4.77. The first kappa shape index (κ1) is 17.4. The molecule has 0 spiro atoms. The molecule has 0 bridgehead atoms. The monoisotopic (exact) mass is 322 g/mol. The van der Waals surface area contributed by atoms with E-state index in [2.05, 4.69) is 10.6 Å². The Labute approximate surface area is 137 Å². The third kappa shape index (κ3) is 3.69. The Kier molecular flexibility index (Phi) is 6.10. The molecular formula is C17H26N2O4. The molecule has 6 nitrogen and oxygen atoms in total. The third-order valence-electron chi connectivity index (χ3n) is 4.22. The summed E-state index contributed by atoms with van der Waals surface area (Å²) in [4.78, 5) is 12.4. The van der Waals surface area contributed by atoms with Crippen molar-refractivity contribution in [2.24, 2.45) is 5.92 Å². The number of nitrogens with one attached hydrogen (secondary N) is 2. The number of hydrogen-bond donors (Lipinski definition) is 2. The smallest absolute Gasteiger partial charge is 0.225 e. The van der Waals surface area contributed by atoms with Crippen LogP contribution in [0.3, 0.4) is 0 Å². The SMILES string of the molecule is CCCNC(=O)C1CNCC1c1cc(OC)c(OC)c(OC)c1. The zero-order valence-corrected chi connectivity index (χ0v) is 14.3. The number of carbonyl (C=O) groups is 1. The summed E-state index contributed by atoms with van der Waals surface area (Å²) in [6.45, 7) is 4.18. The molecule has 1 saturated heterocycles. The molecule has 2 rings (SSSR count). The van der Waals surface area contributed by atoms with Gasteiger partial charge in [-0.2, -0.15) is 0 Å². The van der Waals surface area contributed by atoms with Crippen molar-refractivity contribution in [3.05, 3.63) is 17.7 Å². The van der Waals surface area contributed by atoms with E-state index in [0.29, 0.717) is 30.3 Å². The summed E-state index contributed by atoms with van der Waals surface area (Å²) >= 11 is 0. The predicted molar refractivity (Wildman–Crippen MR) is 88.5 cm³/mol. The second-order valence-corrected chi connectivity index (χ2v) is 5.62. The average molecular weight is 322 g/mol. The summed E-state index contributed by atoms with van der Waals surface area (Å²) in [5.74, 6) is 1.88. The Bertz CT molecular complexity index is 522. The zero-order valence-electron chi connectivity index (χ0n) is 14.3. The van der Waals surface area contributed by atoms with Gasteiger partial charge in [0.2, 0.25) is 11.7 Å². The fourth-order valence-corrected chi connectivity index (χ4v) is 3.00. The highest BCUT2D eigenvalue weighted by Gasteiger charge is 2.34. The van der Waals surface area contributed by atoms with Gasteiger partial charge in [-0.3, -0.25) is 4.79 Å². The minimum atomic E-state index is -0.0932. The van der Waals surface area contributed by atoms with Crippen molar-refractivity contribution in [3.8, 4) is 17.2 Å². The van der Waals surface area contributed by atoms with Crippen LogP contribution in [-0.4, -0.2) is 46.9 Å². The molecule has 2 unspecified atom stereocenters. The molecule has 6 heteroatoms. The van der Waals surface area contributed by atoms with E-state index in [-0.39, 0.29) is 17.7 Å². The molecule has 1 aromatic carbocycles. The van der Waals surface area contributed by atoms with Crippen LogP contribution in [0.5, 0.6) is 17.2 Å². The largest absolute Gasteiger partial charge is 0.493 e. The van der Waals surface area contributed by atoms with E-state index in [9.17, 15) is 4.79 Å². The van der Waals surface area contributed by atoms with E-state index < -0.39 is 0 Å². The standard InChI is InChI=1S/C17H26N2O4/c1-5-6-19-17(20)13-10-18-9-12(13)11-7-14(21-2)16(23-4)15(8-11)22-3/h7-8,12-13,18H,5-6,9-10H2,1-4H3,(H,19,20). The lowest BCUT2D eigenvalue weighted by Crippen LogP contribution is -2.34. The highest BCUT2D eigenvalue weighted by Crippen LogP contribution is 2.42. The first-order chi connectivity index (χ1) is 11.2. The molecule has 1 aliphatic heterocycles. The minimum Gasteiger partial charge on any atom is -0.493 e. The number of benzene rings is 1. The van der Waals surface area contributed by atoms with Gasteiger partial charge in [-0.1, -0.05) is 6.92 Å². The maximum absolute atomic E-state index is 12.4. The first-order valence-corrected chi connectivity index (χ1v) is 7.94. The Morgan fingerprint density at radius 1 is 1.17 bits per heavy atom. The summed E-state index contributed by atoms with van der Waals surface area (Å²) < 4.78 is 16.2. The van der Waals surface area contributed by atoms with Gasteiger partial charge in [-0.05, 0) is 24.1 Å². The molecule has 0 aliphatic carbocycles. The molecule has 1 heterocycles. The summed E-state index contributed by atoms with van der Waals surface area (Å²) in [5.41, 5.74) is 1.01. The molecule has 1 fully saturated rings. The van der Waals surface area contributed by atoms with Crippen molar-refractivity contribution in [3.63, 3.8) is 0 Å². The lowest BCUT2D eigenvalue weighted by atomic mass is 9.88. The fourth-order valence-electron chi connectivity index (χ4n) is 3.00. The first-order valence-electron chi connectivity index (χ1n) is 7.94. The second-order valence-electron chi connectivity index (χ2n) is 5.62. The van der Waals surface area contributed by atoms with Gasteiger partial charge >= 0.3 is 0 Å². The van der Waals surface area contributed by atoms with Crippen molar-refractivity contribution in [2.45, 2.75) is 19.3 Å². The average Bonchev–Trinajstić information content (AvgIpc) is 3.07. The van der Waals surface area contributed by atoms with Gasteiger partial charge in [0.15, 0.2) is 11.5 Å². The molecular weight excluding hydrogens is 296 g/mol. The van der Waals surface area contributed by atoms with Crippen LogP contribution in [0.4, 0.5) is 0 Å². The molecule has 0 saturated carbocycles. The number of amides is 1. The molecule has 1 amide bonds. The fraction of sp³-hybridized carbons (Fsp3) is 0.588. The number of carbonyl (C=O) groups excluding carboxylic acids is 1. The van der Waals surface area contributed by atoms with Crippen LogP contribution in [0.25, 0.3) is 0 Å². The summed E-state index contributed by atoms with van der Waals surface area (Å²) in [6.07, 6.45) is 0.931. The molecule has 128 valence electrons. The van der Waals surface area contributed by atoms with Crippen LogP contribution in [-0.2, 0) is 4.79 Å². The van der Waals surface area contributed by atoms with Gasteiger partial charge in [-0.15, -0.1) is 0 Å². The van der Waals surface area contributed by atoms with E-state index >= 15 is 0 Å². The van der Waals surface area contributed by atoms with Crippen LogP contribution in [0.1, 0.15) is 24.8 Å². The Morgan fingerprint density at radius 3 is 2.35 bits per heavy atom. The molecule has 0 aromatic heterocycles. The van der Waals surface area contributed by atoms with Crippen molar-refractivity contribution >= 4 is 5.91 Å². The molecule has 1 aliphatic rings. The van der Waals surface area contributed by atoms with E-state index in [0.717, 1.165) is 18.5 Å². The van der Waals surface area contributed by atoms with E-state index in [1.54, 1.807) is 21.3 Å². The van der Waals surface area contributed by atoms with E-state index in [4.69, 9.17) is 14.2 Å². The molecule has 2 atom stereocenters. The van der Waals surface area contributed by atoms with Crippen LogP contribution >= 0.6 is 0 Å². The predicted octanol–water partition coefficient (Wildman–Crippen LogP) is 1.54. The van der Waals surface area contributed by atoms with Crippen LogP contribution in [0.2, 0.25) is 0 Å². The van der Waals surface area contributed by atoms with Crippen molar-refractivity contribution in [1.29, 1.82) is 0 Å². The van der Waals surface area contributed by atoms with Gasteiger partial charge in [0.1, 0.15) is 0 Å². The maximum Gasteiger partial charge on any atom is 0.225 e. The highest BCUT2D eigenvalue weighted by atomic mass is 16.5. The van der Waals surface area contributed by atoms with Crippen LogP contribution < -0.4 is 24.8 Å². The van der Waals surface area contributed by atoms with Crippen LogP contribution in [0.15, 0.2) is 12.1 Å². The lowest BCUT2D eigenvalue weighted by molar-refractivity contribution is -0.124. The van der Waals surface area contributed by atoms with Crippen molar-refractivity contribution in [2.75, 3.05) is 41.0 Å². The number of ether oxygens (including phenoxy) is 3. The summed E-state index contributed by atoms with van der Waals surface area (Å²) in [6, 6.07) is 3.86. The molecule has 2 N–H and O–H groups in total. The van der Waals surface area contributed by atoms with Gasteiger partial charge in [0.05, 0.1) is 27.2 Å². The van der Waals surface area contributed by atoms with E-state index in [1.807, 2.05) is 19.1 Å². The Hall–Kier alpha value is -1.95. The lowest BCUT2D eigenvalue weighted by Gasteiger charge is -2.21.